The Balaban J connectivity index is 1.55. The van der Waals surface area contributed by atoms with E-state index < -0.39 is 4.92 Å². The molecule has 1 fully saturated rings. The van der Waals surface area contributed by atoms with Crippen molar-refractivity contribution in [1.29, 1.82) is 0 Å². The van der Waals surface area contributed by atoms with Gasteiger partial charge in [0.1, 0.15) is 6.20 Å². The highest BCUT2D eigenvalue weighted by atomic mass is 16.6. The van der Waals surface area contributed by atoms with Gasteiger partial charge in [-0.1, -0.05) is 44.2 Å². The van der Waals surface area contributed by atoms with Gasteiger partial charge in [-0.2, -0.15) is 10.2 Å². The topological polar surface area (TPSA) is 104 Å². The number of ether oxygens (including phenoxy) is 1. The molecule has 10 nitrogen and oxygen atoms in total. The summed E-state index contributed by atoms with van der Waals surface area (Å²) in [6, 6.07) is 11.6. The fraction of sp³-hybridized carbons (Fsp3) is 0.375. The molecule has 0 atom stereocenters. The number of hydrogen-bond donors (Lipinski definition) is 0. The normalized spacial score (nSPS) is 14.2. The van der Waals surface area contributed by atoms with E-state index in [4.69, 9.17) is 9.84 Å². The lowest BCUT2D eigenvalue weighted by Gasteiger charge is -2.38. The molecule has 176 valence electrons. The van der Waals surface area contributed by atoms with Gasteiger partial charge in [-0.15, -0.1) is 0 Å². The Bertz CT molecular complexity index is 1320. The maximum atomic E-state index is 11.8. The molecule has 4 heterocycles. The summed E-state index contributed by atoms with van der Waals surface area (Å²) in [5.74, 6) is 1.25. The summed E-state index contributed by atoms with van der Waals surface area (Å²) in [4.78, 5) is 18.2. The van der Waals surface area contributed by atoms with E-state index in [0.717, 1.165) is 41.9 Å². The van der Waals surface area contributed by atoms with Crippen molar-refractivity contribution in [2.45, 2.75) is 33.0 Å². The predicted molar refractivity (Wildman–Crippen MR) is 129 cm³/mol. The molecule has 0 bridgehead atoms. The molecule has 0 unspecified atom stereocenters. The van der Waals surface area contributed by atoms with Gasteiger partial charge in [0.15, 0.2) is 11.5 Å². The summed E-state index contributed by atoms with van der Waals surface area (Å²) < 4.78 is 8.97. The van der Waals surface area contributed by atoms with Crippen molar-refractivity contribution in [2.24, 2.45) is 5.92 Å². The Labute approximate surface area is 196 Å². The molecule has 1 aliphatic rings. The second kappa shape index (κ2) is 8.86. The van der Waals surface area contributed by atoms with Crippen molar-refractivity contribution < 1.29 is 9.66 Å². The first-order valence-electron chi connectivity index (χ1n) is 11.3. The molecule has 0 radical (unpaired) electrons. The molecule has 1 aliphatic heterocycles. The molecule has 34 heavy (non-hydrogen) atoms. The Hall–Kier alpha value is -3.79. The average Bonchev–Trinajstić information content (AvgIpc) is 3.35. The van der Waals surface area contributed by atoms with E-state index in [2.05, 4.69) is 28.8 Å². The molecule has 1 saturated heterocycles. The van der Waals surface area contributed by atoms with Crippen LogP contribution in [0.2, 0.25) is 0 Å². The molecular weight excluding hydrogens is 434 g/mol. The lowest BCUT2D eigenvalue weighted by atomic mass is 10.1. The smallest absolute Gasteiger partial charge is 0.316 e. The largest absolute Gasteiger partial charge is 0.378 e. The van der Waals surface area contributed by atoms with E-state index in [1.54, 1.807) is 18.0 Å². The molecule has 0 saturated carbocycles. The first-order chi connectivity index (χ1) is 16.4. The quantitative estimate of drug-likeness (QED) is 0.291. The van der Waals surface area contributed by atoms with E-state index in [0.29, 0.717) is 18.2 Å². The number of benzene rings is 1. The SMILES string of the molecule is COC1CN(c2nn(CC(C)C)c3cc(-c4nn(Cc5ccccc5)cc4[N+](=O)[O-])ncc23)C1. The van der Waals surface area contributed by atoms with Crippen LogP contribution >= 0.6 is 0 Å². The zero-order chi connectivity index (χ0) is 23.8. The van der Waals surface area contributed by atoms with Crippen LogP contribution in [0.25, 0.3) is 22.3 Å². The number of pyridine rings is 1. The second-order valence-corrected chi connectivity index (χ2v) is 9.05. The molecule has 0 spiro atoms. The number of nitrogens with zero attached hydrogens (tertiary/aromatic N) is 7. The first kappa shape index (κ1) is 22.0. The van der Waals surface area contributed by atoms with Gasteiger partial charge in [-0.3, -0.25) is 24.5 Å². The highest BCUT2D eigenvalue weighted by Gasteiger charge is 2.31. The molecule has 4 aromatic rings. The van der Waals surface area contributed by atoms with Gasteiger partial charge in [0.2, 0.25) is 0 Å². The van der Waals surface area contributed by atoms with Crippen molar-refractivity contribution in [3.05, 3.63) is 64.5 Å². The molecular formula is C24H27N7O3. The summed E-state index contributed by atoms with van der Waals surface area (Å²) in [7, 11) is 1.72. The van der Waals surface area contributed by atoms with Crippen LogP contribution in [0.15, 0.2) is 48.8 Å². The lowest BCUT2D eigenvalue weighted by molar-refractivity contribution is -0.384. The molecule has 0 aliphatic carbocycles. The van der Waals surface area contributed by atoms with Crippen molar-refractivity contribution in [3.8, 4) is 11.4 Å². The van der Waals surface area contributed by atoms with Crippen LogP contribution in [-0.2, 0) is 17.8 Å². The fourth-order valence-electron chi connectivity index (χ4n) is 4.24. The minimum atomic E-state index is -0.405. The number of rotatable bonds is 8. The number of fused-ring (bicyclic) bond motifs is 1. The van der Waals surface area contributed by atoms with Crippen molar-refractivity contribution in [1.82, 2.24) is 24.5 Å². The standard InChI is InChI=1S/C24H27N7O3/c1-16(2)11-30-21-9-20(25-10-19(21)24(27-30)28-13-18(14-28)34-3)23-22(31(32)33)15-29(26-23)12-17-7-5-4-6-8-17/h4-10,15-16,18H,11-14H2,1-3H3. The van der Waals surface area contributed by atoms with E-state index >= 15 is 0 Å². The average molecular weight is 462 g/mol. The zero-order valence-corrected chi connectivity index (χ0v) is 19.5. The summed E-state index contributed by atoms with van der Waals surface area (Å²) in [6.45, 7) is 7.00. The summed E-state index contributed by atoms with van der Waals surface area (Å²) in [6.07, 6.45) is 3.42. The monoisotopic (exact) mass is 461 g/mol. The van der Waals surface area contributed by atoms with Gasteiger partial charge in [0.25, 0.3) is 0 Å². The Morgan fingerprint density at radius 3 is 2.65 bits per heavy atom. The number of anilines is 1. The van der Waals surface area contributed by atoms with Crippen LogP contribution in [0, 0.1) is 16.0 Å². The fourth-order valence-corrected chi connectivity index (χ4v) is 4.24. The van der Waals surface area contributed by atoms with Crippen LogP contribution in [0.5, 0.6) is 0 Å². The van der Waals surface area contributed by atoms with Crippen LogP contribution in [0.3, 0.4) is 0 Å². The first-order valence-corrected chi connectivity index (χ1v) is 11.3. The van der Waals surface area contributed by atoms with Crippen LogP contribution in [0.4, 0.5) is 11.5 Å². The Morgan fingerprint density at radius 2 is 1.97 bits per heavy atom. The van der Waals surface area contributed by atoms with E-state index in [-0.39, 0.29) is 17.5 Å². The predicted octanol–water partition coefficient (Wildman–Crippen LogP) is 3.74. The van der Waals surface area contributed by atoms with Gasteiger partial charge in [-0.25, -0.2) is 0 Å². The third kappa shape index (κ3) is 4.12. The molecule has 1 aromatic carbocycles. The Morgan fingerprint density at radius 1 is 1.21 bits per heavy atom. The third-order valence-corrected chi connectivity index (χ3v) is 6.00. The van der Waals surface area contributed by atoms with Gasteiger partial charge in [0.05, 0.1) is 34.2 Å². The number of aromatic nitrogens is 5. The maximum absolute atomic E-state index is 11.8. The van der Waals surface area contributed by atoms with Crippen LogP contribution in [-0.4, -0.2) is 55.8 Å². The van der Waals surface area contributed by atoms with E-state index in [1.807, 2.05) is 41.1 Å². The summed E-state index contributed by atoms with van der Waals surface area (Å²) >= 11 is 0. The van der Waals surface area contributed by atoms with Gasteiger partial charge < -0.3 is 9.64 Å². The number of methoxy groups -OCH3 is 1. The van der Waals surface area contributed by atoms with Crippen LogP contribution in [0.1, 0.15) is 19.4 Å². The van der Waals surface area contributed by atoms with Gasteiger partial charge >= 0.3 is 5.69 Å². The number of nitro groups is 1. The minimum Gasteiger partial charge on any atom is -0.378 e. The highest BCUT2D eigenvalue weighted by molar-refractivity contribution is 5.92. The van der Waals surface area contributed by atoms with Gasteiger partial charge in [0, 0.05) is 32.9 Å². The zero-order valence-electron chi connectivity index (χ0n) is 19.5. The van der Waals surface area contributed by atoms with Crippen molar-refractivity contribution in [2.75, 3.05) is 25.1 Å². The molecule has 3 aromatic heterocycles. The second-order valence-electron chi connectivity index (χ2n) is 9.05. The van der Waals surface area contributed by atoms with Crippen LogP contribution < -0.4 is 4.90 Å². The maximum Gasteiger partial charge on any atom is 0.316 e. The van der Waals surface area contributed by atoms with Crippen molar-refractivity contribution >= 4 is 22.4 Å². The van der Waals surface area contributed by atoms with Gasteiger partial charge in [-0.05, 0) is 17.5 Å². The highest BCUT2D eigenvalue weighted by Crippen LogP contribution is 2.34. The van der Waals surface area contributed by atoms with Crippen molar-refractivity contribution in [3.63, 3.8) is 0 Å². The van der Waals surface area contributed by atoms with E-state index in [9.17, 15) is 10.1 Å². The molecule has 0 amide bonds. The molecule has 5 rings (SSSR count). The molecule has 10 heteroatoms. The lowest BCUT2D eigenvalue weighted by Crippen LogP contribution is -2.52. The number of hydrogen-bond acceptors (Lipinski definition) is 7. The molecule has 0 N–H and O–H groups in total. The third-order valence-electron chi connectivity index (χ3n) is 6.00. The summed E-state index contributed by atoms with van der Waals surface area (Å²) in [5.41, 5.74) is 2.55. The minimum absolute atomic E-state index is 0.0661. The Kier molecular flexibility index (Phi) is 5.74. The van der Waals surface area contributed by atoms with E-state index in [1.165, 1.54) is 6.20 Å². The summed E-state index contributed by atoms with van der Waals surface area (Å²) in [5, 5.41) is 22.1.